The van der Waals surface area contributed by atoms with Gasteiger partial charge in [0.05, 0.1) is 23.9 Å². The molecule has 0 fully saturated rings. The molecule has 2 rings (SSSR count). The number of benzene rings is 1. The summed E-state index contributed by atoms with van der Waals surface area (Å²) >= 11 is 3.36. The second kappa shape index (κ2) is 5.02. The molecular weight excluding hydrogens is 282 g/mol. The monoisotopic (exact) mass is 291 g/mol. The van der Waals surface area contributed by atoms with Crippen LogP contribution in [0.5, 0.6) is 0 Å². The van der Waals surface area contributed by atoms with E-state index in [1.54, 1.807) is 12.1 Å². The maximum atomic E-state index is 8.85. The van der Waals surface area contributed by atoms with Crippen LogP contribution in [-0.4, -0.2) is 5.16 Å². The zero-order valence-electron chi connectivity index (χ0n) is 9.20. The van der Waals surface area contributed by atoms with Crippen molar-refractivity contribution < 1.29 is 4.52 Å². The van der Waals surface area contributed by atoms with Crippen LogP contribution in [0.3, 0.4) is 0 Å². The van der Waals surface area contributed by atoms with E-state index in [-0.39, 0.29) is 0 Å². The molecule has 0 radical (unpaired) electrons. The maximum Gasteiger partial charge on any atom is 0.156 e. The molecule has 0 aliphatic rings. The zero-order valence-corrected chi connectivity index (χ0v) is 10.8. The largest absolute Gasteiger partial charge is 0.378 e. The van der Waals surface area contributed by atoms with Gasteiger partial charge in [0.2, 0.25) is 0 Å². The highest BCUT2D eigenvalue weighted by atomic mass is 79.9. The van der Waals surface area contributed by atoms with E-state index in [1.165, 1.54) is 0 Å². The highest BCUT2D eigenvalue weighted by molar-refractivity contribution is 9.10. The number of nitriles is 1. The van der Waals surface area contributed by atoms with Crippen LogP contribution in [0.25, 0.3) is 0 Å². The van der Waals surface area contributed by atoms with E-state index in [2.05, 4.69) is 32.5 Å². The molecule has 1 aromatic heterocycles. The van der Waals surface area contributed by atoms with Gasteiger partial charge in [-0.15, -0.1) is 0 Å². The fourth-order valence-electron chi connectivity index (χ4n) is 1.45. The van der Waals surface area contributed by atoms with Crippen LogP contribution in [0.15, 0.2) is 33.3 Å². The second-order valence-corrected chi connectivity index (χ2v) is 4.54. The van der Waals surface area contributed by atoms with Gasteiger partial charge in [-0.2, -0.15) is 5.26 Å². The summed E-state index contributed by atoms with van der Waals surface area (Å²) in [6.45, 7) is 2.42. The molecule has 0 aliphatic heterocycles. The summed E-state index contributed by atoms with van der Waals surface area (Å²) in [4.78, 5) is 0. The van der Waals surface area contributed by atoms with Gasteiger partial charge >= 0.3 is 0 Å². The lowest BCUT2D eigenvalue weighted by atomic mass is 10.2. The minimum absolute atomic E-state index is 0.544. The topological polar surface area (TPSA) is 61.9 Å². The molecule has 1 N–H and O–H groups in total. The van der Waals surface area contributed by atoms with Crippen molar-refractivity contribution in [2.75, 3.05) is 5.32 Å². The molecule has 1 aromatic carbocycles. The van der Waals surface area contributed by atoms with Crippen LogP contribution in [0.1, 0.15) is 17.0 Å². The molecule has 86 valence electrons. The summed E-state index contributed by atoms with van der Waals surface area (Å²) in [5.41, 5.74) is 2.33. The summed E-state index contributed by atoms with van der Waals surface area (Å²) in [6.07, 6.45) is 0. The first kappa shape index (κ1) is 11.7. The Morgan fingerprint density at radius 2 is 2.24 bits per heavy atom. The van der Waals surface area contributed by atoms with Gasteiger partial charge in [0.1, 0.15) is 0 Å². The van der Waals surface area contributed by atoms with E-state index in [0.29, 0.717) is 12.1 Å². The van der Waals surface area contributed by atoms with Crippen molar-refractivity contribution in [3.8, 4) is 6.07 Å². The number of hydrogen-bond acceptors (Lipinski definition) is 4. The van der Waals surface area contributed by atoms with Gasteiger partial charge in [0.15, 0.2) is 5.76 Å². The van der Waals surface area contributed by atoms with Gasteiger partial charge in [-0.05, 0) is 25.1 Å². The molecule has 4 nitrogen and oxygen atoms in total. The van der Waals surface area contributed by atoms with Crippen LogP contribution in [0.4, 0.5) is 5.69 Å². The quantitative estimate of drug-likeness (QED) is 0.943. The van der Waals surface area contributed by atoms with Crippen molar-refractivity contribution in [1.29, 1.82) is 5.26 Å². The standard InChI is InChI=1S/C12H10BrN3O/c1-8-2-12(17-16-8)7-15-11-4-9(6-14)3-10(13)5-11/h2-5,15H,7H2,1H3. The molecule has 0 spiro atoms. The van der Waals surface area contributed by atoms with Crippen molar-refractivity contribution in [3.63, 3.8) is 0 Å². The van der Waals surface area contributed by atoms with Gasteiger partial charge < -0.3 is 9.84 Å². The van der Waals surface area contributed by atoms with Gasteiger partial charge in [-0.1, -0.05) is 21.1 Å². The van der Waals surface area contributed by atoms with E-state index < -0.39 is 0 Å². The van der Waals surface area contributed by atoms with Crippen molar-refractivity contribution in [1.82, 2.24) is 5.16 Å². The highest BCUT2D eigenvalue weighted by Crippen LogP contribution is 2.19. The van der Waals surface area contributed by atoms with E-state index >= 15 is 0 Å². The van der Waals surface area contributed by atoms with Gasteiger partial charge in [-0.3, -0.25) is 0 Å². The van der Waals surface area contributed by atoms with Crippen molar-refractivity contribution in [3.05, 3.63) is 45.8 Å². The molecule has 0 amide bonds. The van der Waals surface area contributed by atoms with Gasteiger partial charge in [0.25, 0.3) is 0 Å². The molecular formula is C12H10BrN3O. The van der Waals surface area contributed by atoms with Crippen LogP contribution in [0.2, 0.25) is 0 Å². The number of nitrogens with zero attached hydrogens (tertiary/aromatic N) is 2. The Kier molecular flexibility index (Phi) is 3.45. The minimum Gasteiger partial charge on any atom is -0.378 e. The molecule has 0 atom stereocenters. The number of rotatable bonds is 3. The number of halogens is 1. The lowest BCUT2D eigenvalue weighted by Gasteiger charge is -2.04. The van der Waals surface area contributed by atoms with Crippen molar-refractivity contribution >= 4 is 21.6 Å². The lowest BCUT2D eigenvalue weighted by molar-refractivity contribution is 0.384. The Balaban J connectivity index is 2.09. The highest BCUT2D eigenvalue weighted by Gasteiger charge is 2.02. The fraction of sp³-hybridized carbons (Fsp3) is 0.167. The van der Waals surface area contributed by atoms with E-state index in [0.717, 1.165) is 21.6 Å². The first-order chi connectivity index (χ1) is 8.17. The van der Waals surface area contributed by atoms with Crippen LogP contribution >= 0.6 is 15.9 Å². The van der Waals surface area contributed by atoms with Crippen LogP contribution in [-0.2, 0) is 6.54 Å². The van der Waals surface area contributed by atoms with E-state index in [4.69, 9.17) is 9.78 Å². The first-order valence-electron chi connectivity index (χ1n) is 5.04. The molecule has 0 bridgehead atoms. The summed E-state index contributed by atoms with van der Waals surface area (Å²) in [7, 11) is 0. The normalized spacial score (nSPS) is 9.94. The average Bonchev–Trinajstić information content (AvgIpc) is 2.72. The SMILES string of the molecule is Cc1cc(CNc2cc(Br)cc(C#N)c2)on1. The van der Waals surface area contributed by atoms with Crippen LogP contribution < -0.4 is 5.32 Å². The Morgan fingerprint density at radius 3 is 2.88 bits per heavy atom. The maximum absolute atomic E-state index is 8.85. The summed E-state index contributed by atoms with van der Waals surface area (Å²) in [5, 5.41) is 15.8. The van der Waals surface area contributed by atoms with Crippen LogP contribution in [0, 0.1) is 18.3 Å². The number of aromatic nitrogens is 1. The molecule has 0 saturated carbocycles. The average molecular weight is 292 g/mol. The first-order valence-corrected chi connectivity index (χ1v) is 5.83. The number of anilines is 1. The third kappa shape index (κ3) is 3.08. The zero-order chi connectivity index (χ0) is 12.3. The molecule has 0 saturated heterocycles. The molecule has 0 aliphatic carbocycles. The Bertz CT molecular complexity index is 571. The second-order valence-electron chi connectivity index (χ2n) is 3.63. The van der Waals surface area contributed by atoms with Crippen molar-refractivity contribution in [2.45, 2.75) is 13.5 Å². The number of nitrogens with one attached hydrogen (secondary N) is 1. The molecule has 5 heteroatoms. The third-order valence-electron chi connectivity index (χ3n) is 2.17. The number of aryl methyl sites for hydroxylation is 1. The predicted molar refractivity (Wildman–Crippen MR) is 67.4 cm³/mol. The number of hydrogen-bond donors (Lipinski definition) is 1. The Labute approximate surface area is 107 Å². The summed E-state index contributed by atoms with van der Waals surface area (Å²) in [6, 6.07) is 9.44. The Hall–Kier alpha value is -1.80. The van der Waals surface area contributed by atoms with Gasteiger partial charge in [0, 0.05) is 16.2 Å². The van der Waals surface area contributed by atoms with Gasteiger partial charge in [-0.25, -0.2) is 0 Å². The fourth-order valence-corrected chi connectivity index (χ4v) is 1.94. The van der Waals surface area contributed by atoms with Crippen molar-refractivity contribution in [2.24, 2.45) is 0 Å². The molecule has 17 heavy (non-hydrogen) atoms. The van der Waals surface area contributed by atoms with E-state index in [9.17, 15) is 0 Å². The van der Waals surface area contributed by atoms with E-state index in [1.807, 2.05) is 19.1 Å². The Morgan fingerprint density at radius 1 is 1.41 bits per heavy atom. The minimum atomic E-state index is 0.544. The smallest absolute Gasteiger partial charge is 0.156 e. The third-order valence-corrected chi connectivity index (χ3v) is 2.63. The summed E-state index contributed by atoms with van der Waals surface area (Å²) < 4.78 is 5.95. The lowest BCUT2D eigenvalue weighted by Crippen LogP contribution is -1.98. The molecule has 2 aromatic rings. The predicted octanol–water partition coefficient (Wildman–Crippen LogP) is 3.23. The summed E-state index contributed by atoms with van der Waals surface area (Å²) in [5.74, 6) is 0.765. The molecule has 0 unspecified atom stereocenters. The molecule has 1 heterocycles.